The molecule has 5 heterocycles. The van der Waals surface area contributed by atoms with E-state index in [-0.39, 0.29) is 23.0 Å². The number of carbonyl (C=O) groups excluding carboxylic acids is 1. The molecule has 17 heteroatoms. The van der Waals surface area contributed by atoms with Crippen molar-refractivity contribution < 1.29 is 83.2 Å². The normalized spacial score (nSPS) is 55.4. The lowest BCUT2D eigenvalue weighted by Gasteiger charge is -2.58. The number of ether oxygens (including phenoxy) is 9. The number of rotatable bonds is 9. The summed E-state index contributed by atoms with van der Waals surface area (Å²) in [7, 11) is 0. The summed E-state index contributed by atoms with van der Waals surface area (Å²) in [6.07, 6.45) is -8.64. The van der Waals surface area contributed by atoms with Crippen molar-refractivity contribution in [3.8, 4) is 0 Å². The van der Waals surface area contributed by atoms with Gasteiger partial charge in [0.1, 0.15) is 54.9 Å². The van der Waals surface area contributed by atoms with E-state index in [1.807, 2.05) is 0 Å². The Morgan fingerprint density at radius 1 is 0.794 bits per heavy atom. The Bertz CT molecular complexity index is 1670. The molecule has 358 valence electrons. The van der Waals surface area contributed by atoms with Gasteiger partial charge in [-0.05, 0) is 98.7 Å². The molecule has 3 saturated carbocycles. The summed E-state index contributed by atoms with van der Waals surface area (Å²) in [4.78, 5) is 11.8. The predicted octanol–water partition coefficient (Wildman–Crippen LogP) is 1.42. The van der Waals surface area contributed by atoms with E-state index in [4.69, 9.17) is 42.6 Å². The fourth-order valence-corrected chi connectivity index (χ4v) is 14.0. The van der Waals surface area contributed by atoms with Crippen molar-refractivity contribution >= 4 is 5.97 Å². The lowest BCUT2D eigenvalue weighted by Crippen LogP contribution is -2.64. The van der Waals surface area contributed by atoms with Crippen molar-refractivity contribution in [2.75, 3.05) is 19.8 Å². The molecule has 0 aromatic heterocycles. The summed E-state index contributed by atoms with van der Waals surface area (Å²) < 4.78 is 55.2. The SMILES string of the molecule is CC(=O)O[C@H]1[C@H](OC[C@H]2O[C@@H](O[C@H]3CC[C@@]4(C)C(=CC[C@H]5[C@@H]6C[C@@H]7O[C@]8(CC[C@@H](C)CO8)[C@@H](C)[C@@H]7[C@@]6(C)CC[C@@H]54)C3)[C@H](O[C@@H]3O[C@@H](C)[C@H](O)[C@@H](O)[C@H]3O)[C@@H](O)[C@@H]2O)O[C@@H](CO)[C@@H]1O. The fraction of sp³-hybridized carbons (Fsp3) is 0.935. The molecule has 0 unspecified atom stereocenters. The van der Waals surface area contributed by atoms with Crippen LogP contribution in [0.5, 0.6) is 0 Å². The van der Waals surface area contributed by atoms with Crippen LogP contribution in [-0.4, -0.2) is 166 Å². The first-order valence-corrected chi connectivity index (χ1v) is 23.7. The maximum absolute atomic E-state index is 11.8. The van der Waals surface area contributed by atoms with Gasteiger partial charge < -0.3 is 78.4 Å². The second-order valence-electron chi connectivity index (χ2n) is 21.2. The molecule has 9 aliphatic rings. The summed E-state index contributed by atoms with van der Waals surface area (Å²) in [6, 6.07) is 0. The Labute approximate surface area is 369 Å². The average molecular weight is 897 g/mol. The van der Waals surface area contributed by atoms with E-state index in [1.54, 1.807) is 0 Å². The highest BCUT2D eigenvalue weighted by Crippen LogP contribution is 2.70. The zero-order valence-electron chi connectivity index (χ0n) is 37.5. The van der Waals surface area contributed by atoms with Crippen LogP contribution in [-0.2, 0) is 47.4 Å². The van der Waals surface area contributed by atoms with Crippen LogP contribution in [0.15, 0.2) is 11.6 Å². The highest BCUT2D eigenvalue weighted by Gasteiger charge is 2.69. The minimum atomic E-state index is -1.70. The monoisotopic (exact) mass is 896 g/mol. The predicted molar refractivity (Wildman–Crippen MR) is 218 cm³/mol. The number of aliphatic hydroxyl groups excluding tert-OH is 7. The first-order valence-electron chi connectivity index (χ1n) is 23.7. The van der Waals surface area contributed by atoms with Crippen LogP contribution in [0, 0.1) is 46.3 Å². The lowest BCUT2D eigenvalue weighted by atomic mass is 9.47. The minimum Gasteiger partial charge on any atom is -0.454 e. The molecular weight excluding hydrogens is 824 g/mol. The van der Waals surface area contributed by atoms with Crippen LogP contribution in [0.25, 0.3) is 0 Å². The second-order valence-corrected chi connectivity index (χ2v) is 21.2. The number of hydrogen-bond donors (Lipinski definition) is 7. The van der Waals surface area contributed by atoms with Crippen molar-refractivity contribution in [1.29, 1.82) is 0 Å². The molecule has 1 spiro atoms. The van der Waals surface area contributed by atoms with E-state index < -0.39 is 111 Å². The summed E-state index contributed by atoms with van der Waals surface area (Å²) >= 11 is 0. The smallest absolute Gasteiger partial charge is 0.303 e. The van der Waals surface area contributed by atoms with Gasteiger partial charge in [0, 0.05) is 19.3 Å². The Balaban J connectivity index is 0.905. The summed E-state index contributed by atoms with van der Waals surface area (Å²) in [5.74, 6) is 1.88. The third kappa shape index (κ3) is 7.97. The Morgan fingerprint density at radius 3 is 2.27 bits per heavy atom. The molecule has 0 aromatic carbocycles. The summed E-state index contributed by atoms with van der Waals surface area (Å²) in [6.45, 7) is 12.0. The van der Waals surface area contributed by atoms with Crippen LogP contribution in [0.2, 0.25) is 0 Å². The van der Waals surface area contributed by atoms with Gasteiger partial charge in [0.25, 0.3) is 0 Å². The number of fused-ring (bicyclic) bond motifs is 7. The van der Waals surface area contributed by atoms with Gasteiger partial charge in [-0.2, -0.15) is 0 Å². The molecule has 63 heavy (non-hydrogen) atoms. The molecule has 0 radical (unpaired) electrons. The van der Waals surface area contributed by atoms with Crippen LogP contribution in [0.3, 0.4) is 0 Å². The molecule has 7 N–H and O–H groups in total. The quantitative estimate of drug-likeness (QED) is 0.128. The van der Waals surface area contributed by atoms with Gasteiger partial charge in [-0.3, -0.25) is 4.79 Å². The highest BCUT2D eigenvalue weighted by atomic mass is 16.8. The van der Waals surface area contributed by atoms with Crippen LogP contribution in [0.4, 0.5) is 0 Å². The van der Waals surface area contributed by atoms with Gasteiger partial charge in [-0.1, -0.05) is 39.3 Å². The molecule has 0 aromatic rings. The zero-order valence-corrected chi connectivity index (χ0v) is 37.5. The number of aliphatic hydroxyl groups is 7. The minimum absolute atomic E-state index is 0.0303. The molecule has 4 aliphatic carbocycles. The Kier molecular flexibility index (Phi) is 13.1. The maximum atomic E-state index is 11.8. The Hall–Kier alpha value is -1.39. The molecule has 5 aliphatic heterocycles. The second kappa shape index (κ2) is 17.6. The lowest BCUT2D eigenvalue weighted by molar-refractivity contribution is -0.372. The van der Waals surface area contributed by atoms with Gasteiger partial charge in [0.05, 0.1) is 38.1 Å². The number of esters is 1. The third-order valence-corrected chi connectivity index (χ3v) is 17.6. The molecule has 25 atom stereocenters. The average Bonchev–Trinajstić information content (AvgIpc) is 3.82. The largest absolute Gasteiger partial charge is 0.454 e. The zero-order chi connectivity index (χ0) is 44.9. The molecule has 9 rings (SSSR count). The van der Waals surface area contributed by atoms with Crippen LogP contribution in [0.1, 0.15) is 99.3 Å². The first-order chi connectivity index (χ1) is 29.9. The van der Waals surface area contributed by atoms with E-state index >= 15 is 0 Å². The maximum Gasteiger partial charge on any atom is 0.303 e. The standard InChI is InChI=1S/C46H72O17/c1-20-9-14-46(56-18-20)21(2)32-29(63-46)16-28-26-8-7-24-15-25(10-12-44(24,5)27(26)11-13-45(28,32)6)59-43-40(62-41-38(54)36(52)33(49)22(3)57-41)37(53)34(50)31(61-43)19-55-42-39(58-23(4)48)35(51)30(17-47)60-42/h7,20-22,25-43,47,49-54H,8-19H2,1-6H3/t20-,21+,22+,25+,26-,27+,28+,29+,30+,31-,32+,33+,34-,35+,36-,37+,38-,39-,40-,41+,42-,43-,44+,45+,46-/m1/s1. The van der Waals surface area contributed by atoms with Gasteiger partial charge in [-0.15, -0.1) is 0 Å². The molecule has 17 nitrogen and oxygen atoms in total. The van der Waals surface area contributed by atoms with Crippen LogP contribution < -0.4 is 0 Å². The van der Waals surface area contributed by atoms with E-state index in [1.165, 1.54) is 12.5 Å². The van der Waals surface area contributed by atoms with E-state index in [0.29, 0.717) is 48.3 Å². The van der Waals surface area contributed by atoms with Crippen molar-refractivity contribution in [3.63, 3.8) is 0 Å². The van der Waals surface area contributed by atoms with Gasteiger partial charge in [-0.25, -0.2) is 0 Å². The molecule has 8 fully saturated rings. The van der Waals surface area contributed by atoms with Gasteiger partial charge >= 0.3 is 5.97 Å². The van der Waals surface area contributed by atoms with Gasteiger partial charge in [0.15, 0.2) is 30.8 Å². The van der Waals surface area contributed by atoms with Crippen molar-refractivity contribution in [2.24, 2.45) is 46.3 Å². The van der Waals surface area contributed by atoms with Crippen molar-refractivity contribution in [3.05, 3.63) is 11.6 Å². The Morgan fingerprint density at radius 2 is 1.56 bits per heavy atom. The van der Waals surface area contributed by atoms with Crippen molar-refractivity contribution in [1.82, 2.24) is 0 Å². The third-order valence-electron chi connectivity index (χ3n) is 17.6. The number of allylic oxidation sites excluding steroid dienone is 1. The first kappa shape index (κ1) is 46.7. The van der Waals surface area contributed by atoms with Gasteiger partial charge in [0.2, 0.25) is 0 Å². The molecule has 5 saturated heterocycles. The summed E-state index contributed by atoms with van der Waals surface area (Å²) in [5, 5.41) is 75.2. The van der Waals surface area contributed by atoms with Crippen LogP contribution >= 0.6 is 0 Å². The number of hydrogen-bond acceptors (Lipinski definition) is 17. The van der Waals surface area contributed by atoms with Crippen molar-refractivity contribution in [2.45, 2.75) is 203 Å². The molecule has 0 bridgehead atoms. The van der Waals surface area contributed by atoms with E-state index in [2.05, 4.69) is 33.8 Å². The number of carbonyl (C=O) groups is 1. The summed E-state index contributed by atoms with van der Waals surface area (Å²) in [5.41, 5.74) is 1.50. The fourth-order valence-electron chi connectivity index (χ4n) is 14.0. The van der Waals surface area contributed by atoms with E-state index in [0.717, 1.165) is 58.5 Å². The van der Waals surface area contributed by atoms with E-state index in [9.17, 15) is 40.5 Å². The topological polar surface area (TPSA) is 242 Å². The molecular formula is C46H72O17. The molecule has 0 amide bonds. The highest BCUT2D eigenvalue weighted by molar-refractivity contribution is 5.66.